The number of unbranched alkanes of at least 4 members (excludes halogenated alkanes) is 6. The van der Waals surface area contributed by atoms with E-state index in [4.69, 9.17) is 4.74 Å². The summed E-state index contributed by atoms with van der Waals surface area (Å²) in [7, 11) is 3.56. The van der Waals surface area contributed by atoms with Crippen molar-refractivity contribution in [2.24, 2.45) is 14.1 Å². The molecule has 0 aliphatic rings. The molecule has 7 nitrogen and oxygen atoms in total. The minimum Gasteiger partial charge on any atom is -0.375 e. The zero-order valence-corrected chi connectivity index (χ0v) is 18.0. The van der Waals surface area contributed by atoms with E-state index in [9.17, 15) is 9.59 Å². The molecule has 1 N–H and O–H groups in total. The number of ether oxygens (including phenoxy) is 1. The molecule has 30 heavy (non-hydrogen) atoms. The molecule has 0 aliphatic carbocycles. The smallest absolute Gasteiger partial charge is 0.326 e. The second-order valence-corrected chi connectivity index (χ2v) is 7.92. The molecule has 0 unspecified atom stereocenters. The van der Waals surface area contributed by atoms with E-state index in [1.165, 1.54) is 44.1 Å². The van der Waals surface area contributed by atoms with Crippen LogP contribution in [0.1, 0.15) is 66.7 Å². The number of rotatable bonds is 13. The molecule has 3 aromatic rings. The molecule has 2 heterocycles. The zero-order chi connectivity index (χ0) is 21.3. The summed E-state index contributed by atoms with van der Waals surface area (Å²) in [5, 5.41) is 4.24. The van der Waals surface area contributed by atoms with E-state index in [1.807, 2.05) is 6.07 Å². The van der Waals surface area contributed by atoms with Gasteiger partial charge in [0.25, 0.3) is 0 Å². The highest BCUT2D eigenvalue weighted by Gasteiger charge is 2.05. The number of aldehydes is 1. The van der Waals surface area contributed by atoms with Gasteiger partial charge in [0.05, 0.1) is 23.3 Å². The Labute approximate surface area is 177 Å². The largest absolute Gasteiger partial charge is 0.375 e. The van der Waals surface area contributed by atoms with Gasteiger partial charge in [-0.25, -0.2) is 4.79 Å². The Morgan fingerprint density at radius 2 is 1.77 bits per heavy atom. The van der Waals surface area contributed by atoms with Gasteiger partial charge < -0.3 is 9.72 Å². The van der Waals surface area contributed by atoms with Gasteiger partial charge in [0, 0.05) is 20.7 Å². The standard InChI is InChI=1S/C23H32N4O3/c1-26-22-14-18(11-12-21(22)24-23(26)29)10-8-6-4-3-5-7-9-13-30-17-19-15-20(16-28)27(2)25-19/h11-12,14-16H,3-10,13,17H2,1-2H3,(H,24,29). The number of fused-ring (bicyclic) bond motifs is 1. The highest BCUT2D eigenvalue weighted by molar-refractivity contribution is 5.75. The van der Waals surface area contributed by atoms with Gasteiger partial charge in [-0.2, -0.15) is 5.10 Å². The number of aromatic nitrogens is 4. The number of aryl methyl sites for hydroxylation is 3. The van der Waals surface area contributed by atoms with Crippen LogP contribution in [0.3, 0.4) is 0 Å². The number of nitrogens with one attached hydrogen (secondary N) is 1. The predicted molar refractivity (Wildman–Crippen MR) is 118 cm³/mol. The first-order chi connectivity index (χ1) is 14.6. The van der Waals surface area contributed by atoms with Crippen molar-refractivity contribution >= 4 is 17.3 Å². The molecule has 0 amide bonds. The molecule has 0 aliphatic heterocycles. The molecule has 1 aromatic carbocycles. The van der Waals surface area contributed by atoms with Crippen LogP contribution in [-0.4, -0.2) is 32.2 Å². The fourth-order valence-corrected chi connectivity index (χ4v) is 3.74. The number of hydrogen-bond acceptors (Lipinski definition) is 4. The van der Waals surface area contributed by atoms with E-state index < -0.39 is 0 Å². The lowest BCUT2D eigenvalue weighted by Crippen LogP contribution is -2.11. The van der Waals surface area contributed by atoms with Crippen LogP contribution in [0.4, 0.5) is 0 Å². The molecule has 7 heteroatoms. The number of benzene rings is 1. The maximum atomic E-state index is 11.7. The summed E-state index contributed by atoms with van der Waals surface area (Å²) in [4.78, 5) is 25.3. The van der Waals surface area contributed by atoms with Crippen LogP contribution in [0.15, 0.2) is 29.1 Å². The Kier molecular flexibility index (Phi) is 8.02. The lowest BCUT2D eigenvalue weighted by atomic mass is 10.0. The first kappa shape index (κ1) is 22.0. The van der Waals surface area contributed by atoms with Crippen molar-refractivity contribution in [3.8, 4) is 0 Å². The first-order valence-electron chi connectivity index (χ1n) is 10.8. The van der Waals surface area contributed by atoms with Gasteiger partial charge in [-0.15, -0.1) is 0 Å². The third-order valence-electron chi connectivity index (χ3n) is 5.56. The average molecular weight is 413 g/mol. The van der Waals surface area contributed by atoms with Crippen LogP contribution < -0.4 is 5.69 Å². The molecule has 0 bridgehead atoms. The van der Waals surface area contributed by atoms with Crippen molar-refractivity contribution < 1.29 is 9.53 Å². The normalized spacial score (nSPS) is 11.4. The van der Waals surface area contributed by atoms with Crippen LogP contribution in [0.2, 0.25) is 0 Å². The summed E-state index contributed by atoms with van der Waals surface area (Å²) in [5.41, 5.74) is 4.49. The molecule has 162 valence electrons. The lowest BCUT2D eigenvalue weighted by Gasteiger charge is -2.04. The number of aromatic amines is 1. The fourth-order valence-electron chi connectivity index (χ4n) is 3.74. The predicted octanol–water partition coefficient (Wildman–Crippen LogP) is 3.90. The monoisotopic (exact) mass is 412 g/mol. The van der Waals surface area contributed by atoms with Crippen LogP contribution in [0.25, 0.3) is 11.0 Å². The number of carbonyl (C=O) groups excluding carboxylic acids is 1. The minimum absolute atomic E-state index is 0.0590. The molecule has 0 spiro atoms. The zero-order valence-electron chi connectivity index (χ0n) is 18.0. The Bertz CT molecular complexity index is 1020. The maximum absolute atomic E-state index is 11.7. The third kappa shape index (κ3) is 5.92. The molecule has 2 aromatic heterocycles. The van der Waals surface area contributed by atoms with Crippen LogP contribution in [0.5, 0.6) is 0 Å². The average Bonchev–Trinajstić information content (AvgIpc) is 3.24. The highest BCUT2D eigenvalue weighted by Crippen LogP contribution is 2.15. The fraction of sp³-hybridized carbons (Fsp3) is 0.522. The van der Waals surface area contributed by atoms with Gasteiger partial charge in [0.1, 0.15) is 5.69 Å². The molecule has 0 radical (unpaired) electrons. The summed E-state index contributed by atoms with van der Waals surface area (Å²) in [6.07, 6.45) is 10.3. The summed E-state index contributed by atoms with van der Waals surface area (Å²) in [5.74, 6) is 0. The SMILES string of the molecule is Cn1nc(COCCCCCCCCCc2ccc3[nH]c(=O)n(C)c3c2)cc1C=O. The van der Waals surface area contributed by atoms with E-state index in [1.54, 1.807) is 29.4 Å². The maximum Gasteiger partial charge on any atom is 0.326 e. The lowest BCUT2D eigenvalue weighted by molar-refractivity contribution is 0.111. The van der Waals surface area contributed by atoms with E-state index in [2.05, 4.69) is 22.2 Å². The number of nitrogens with zero attached hydrogens (tertiary/aromatic N) is 3. The van der Waals surface area contributed by atoms with Gasteiger partial charge in [0.15, 0.2) is 6.29 Å². The Hall–Kier alpha value is -2.67. The minimum atomic E-state index is -0.0590. The molecular formula is C23H32N4O3. The second-order valence-electron chi connectivity index (χ2n) is 7.92. The van der Waals surface area contributed by atoms with Gasteiger partial charge in [-0.05, 0) is 43.0 Å². The molecule has 3 rings (SSSR count). The topological polar surface area (TPSA) is 81.9 Å². The summed E-state index contributed by atoms with van der Waals surface area (Å²) in [6, 6.07) is 8.01. The molecule has 0 atom stereocenters. The van der Waals surface area contributed by atoms with E-state index in [0.717, 1.165) is 42.5 Å². The van der Waals surface area contributed by atoms with Crippen molar-refractivity contribution in [3.63, 3.8) is 0 Å². The van der Waals surface area contributed by atoms with Gasteiger partial charge in [0.2, 0.25) is 0 Å². The van der Waals surface area contributed by atoms with E-state index in [-0.39, 0.29) is 5.69 Å². The number of hydrogen-bond donors (Lipinski definition) is 1. The molecule has 0 saturated heterocycles. The quantitative estimate of drug-likeness (QED) is 0.341. The van der Waals surface area contributed by atoms with Crippen LogP contribution >= 0.6 is 0 Å². The van der Waals surface area contributed by atoms with Crippen molar-refractivity contribution in [3.05, 3.63) is 51.7 Å². The molecular weight excluding hydrogens is 380 g/mol. The van der Waals surface area contributed by atoms with E-state index >= 15 is 0 Å². The van der Waals surface area contributed by atoms with Gasteiger partial charge in [-0.1, -0.05) is 38.2 Å². The third-order valence-corrected chi connectivity index (χ3v) is 5.56. The van der Waals surface area contributed by atoms with Crippen LogP contribution in [-0.2, 0) is 31.9 Å². The second kappa shape index (κ2) is 10.9. The Morgan fingerprint density at radius 1 is 1.03 bits per heavy atom. The van der Waals surface area contributed by atoms with Crippen molar-refractivity contribution in [1.82, 2.24) is 19.3 Å². The number of carbonyl (C=O) groups is 1. The van der Waals surface area contributed by atoms with Crippen molar-refractivity contribution in [2.75, 3.05) is 6.61 Å². The molecule has 0 fully saturated rings. The van der Waals surface area contributed by atoms with Gasteiger partial charge in [-0.3, -0.25) is 14.0 Å². The summed E-state index contributed by atoms with van der Waals surface area (Å²) in [6.45, 7) is 1.20. The van der Waals surface area contributed by atoms with Crippen LogP contribution in [0, 0.1) is 0 Å². The number of imidazole rings is 1. The summed E-state index contributed by atoms with van der Waals surface area (Å²) >= 11 is 0. The van der Waals surface area contributed by atoms with E-state index in [0.29, 0.717) is 12.3 Å². The highest BCUT2D eigenvalue weighted by atomic mass is 16.5. The summed E-state index contributed by atoms with van der Waals surface area (Å²) < 4.78 is 8.90. The van der Waals surface area contributed by atoms with Gasteiger partial charge >= 0.3 is 5.69 Å². The van der Waals surface area contributed by atoms with Crippen molar-refractivity contribution in [2.45, 2.75) is 58.0 Å². The Morgan fingerprint density at radius 3 is 2.50 bits per heavy atom. The number of H-pyrrole nitrogens is 1. The Balaban J connectivity index is 1.20. The van der Waals surface area contributed by atoms with Crippen molar-refractivity contribution in [1.29, 1.82) is 0 Å². The first-order valence-corrected chi connectivity index (χ1v) is 10.8. The molecule has 0 saturated carbocycles.